The third-order valence-electron chi connectivity index (χ3n) is 2.22. The van der Waals surface area contributed by atoms with E-state index < -0.39 is 0 Å². The Labute approximate surface area is 115 Å². The van der Waals surface area contributed by atoms with E-state index in [9.17, 15) is 9.18 Å². The first-order valence-electron chi connectivity index (χ1n) is 6.40. The molecule has 102 valence electrons. The van der Waals surface area contributed by atoms with E-state index in [4.69, 9.17) is 0 Å². The molecule has 19 heavy (non-hydrogen) atoms. The van der Waals surface area contributed by atoms with Crippen LogP contribution in [0, 0.1) is 5.82 Å². The van der Waals surface area contributed by atoms with Crippen LogP contribution in [0.25, 0.3) is 0 Å². The van der Waals surface area contributed by atoms with Crippen LogP contribution in [0.15, 0.2) is 60.7 Å². The van der Waals surface area contributed by atoms with Gasteiger partial charge >= 0.3 is 0 Å². The number of allylic oxidation sites excluding steroid dienone is 5. The summed E-state index contributed by atoms with van der Waals surface area (Å²) in [5, 5.41) is 0. The molecule has 0 aliphatic carbocycles. The van der Waals surface area contributed by atoms with Crippen LogP contribution < -0.4 is 0 Å². The average Bonchev–Trinajstić information content (AvgIpc) is 2.41. The van der Waals surface area contributed by atoms with Gasteiger partial charge in [0.05, 0.1) is 0 Å². The van der Waals surface area contributed by atoms with Crippen LogP contribution >= 0.6 is 0 Å². The van der Waals surface area contributed by atoms with Gasteiger partial charge in [0.25, 0.3) is 0 Å². The number of ketones is 1. The Morgan fingerprint density at radius 3 is 2.58 bits per heavy atom. The van der Waals surface area contributed by atoms with Crippen molar-refractivity contribution in [2.75, 3.05) is 0 Å². The molecule has 0 aromatic heterocycles. The third-order valence-corrected chi connectivity index (χ3v) is 2.22. The lowest BCUT2D eigenvalue weighted by atomic mass is 10.0. The Balaban J connectivity index is 0.00000154. The van der Waals surface area contributed by atoms with Crippen molar-refractivity contribution < 1.29 is 9.18 Å². The summed E-state index contributed by atoms with van der Waals surface area (Å²) in [6.45, 7) is 9.40. The van der Waals surface area contributed by atoms with E-state index in [-0.39, 0.29) is 18.0 Å². The smallest absolute Gasteiger partial charge is 0.167 e. The lowest BCUT2D eigenvalue weighted by Gasteiger charge is -2.02. The van der Waals surface area contributed by atoms with Gasteiger partial charge in [-0.1, -0.05) is 56.9 Å². The second-order valence-electron chi connectivity index (χ2n) is 3.59. The number of Topliss-reactive ketones (excluding diaryl/α,β-unsaturated/α-hetero) is 1. The van der Waals surface area contributed by atoms with Gasteiger partial charge < -0.3 is 0 Å². The zero-order valence-electron chi connectivity index (χ0n) is 11.8. The molecule has 0 fully saturated rings. The van der Waals surface area contributed by atoms with Gasteiger partial charge in [0.2, 0.25) is 0 Å². The SMILES string of the molecule is C=C/C=C(\C=C/C)C(=O)Cc1cccc(F)c1.CC. The topological polar surface area (TPSA) is 17.1 Å². The molecule has 0 unspecified atom stereocenters. The molecule has 1 aromatic carbocycles. The number of hydrogen-bond donors (Lipinski definition) is 0. The Hall–Kier alpha value is -1.96. The second kappa shape index (κ2) is 10.0. The summed E-state index contributed by atoms with van der Waals surface area (Å²) in [6.07, 6.45) is 6.93. The zero-order chi connectivity index (χ0) is 14.7. The normalized spacial score (nSPS) is 10.8. The molecule has 0 spiro atoms. The molecule has 0 aliphatic rings. The molecular formula is C17H21FO. The lowest BCUT2D eigenvalue weighted by molar-refractivity contribution is -0.114. The van der Waals surface area contributed by atoms with Crippen LogP contribution in [0.2, 0.25) is 0 Å². The quantitative estimate of drug-likeness (QED) is 0.556. The summed E-state index contributed by atoms with van der Waals surface area (Å²) in [7, 11) is 0. The molecule has 1 aromatic rings. The average molecular weight is 260 g/mol. The van der Waals surface area contributed by atoms with Crippen LogP contribution in [0.4, 0.5) is 4.39 Å². The molecule has 0 aliphatic heterocycles. The molecule has 0 heterocycles. The Morgan fingerprint density at radius 1 is 1.37 bits per heavy atom. The van der Waals surface area contributed by atoms with E-state index in [2.05, 4.69) is 6.58 Å². The number of carbonyl (C=O) groups is 1. The zero-order valence-corrected chi connectivity index (χ0v) is 11.8. The Bertz CT molecular complexity index is 470. The molecule has 0 atom stereocenters. The van der Waals surface area contributed by atoms with Gasteiger partial charge in [-0.25, -0.2) is 4.39 Å². The maximum Gasteiger partial charge on any atom is 0.167 e. The standard InChI is InChI=1S/C15H15FO.C2H6/c1-3-6-13(7-4-2)15(17)11-12-8-5-9-14(16)10-12;1-2/h3-10H,1,11H2,2H3;1-2H3/b7-4-,13-6+;. The van der Waals surface area contributed by atoms with Crippen molar-refractivity contribution in [2.24, 2.45) is 0 Å². The van der Waals surface area contributed by atoms with Crippen molar-refractivity contribution in [3.63, 3.8) is 0 Å². The van der Waals surface area contributed by atoms with E-state index in [0.717, 1.165) is 0 Å². The van der Waals surface area contributed by atoms with Gasteiger partial charge in [-0.2, -0.15) is 0 Å². The van der Waals surface area contributed by atoms with Crippen molar-refractivity contribution in [2.45, 2.75) is 27.2 Å². The number of hydrogen-bond acceptors (Lipinski definition) is 1. The largest absolute Gasteiger partial charge is 0.294 e. The Morgan fingerprint density at radius 2 is 2.05 bits per heavy atom. The minimum absolute atomic E-state index is 0.0476. The van der Waals surface area contributed by atoms with Gasteiger partial charge in [0.1, 0.15) is 5.82 Å². The molecule has 0 saturated carbocycles. The molecule has 1 rings (SSSR count). The van der Waals surface area contributed by atoms with Gasteiger partial charge in [-0.05, 0) is 24.6 Å². The molecule has 0 radical (unpaired) electrons. The van der Waals surface area contributed by atoms with Crippen molar-refractivity contribution in [1.82, 2.24) is 0 Å². The van der Waals surface area contributed by atoms with E-state index in [0.29, 0.717) is 11.1 Å². The highest BCUT2D eigenvalue weighted by Crippen LogP contribution is 2.09. The second-order valence-corrected chi connectivity index (χ2v) is 3.59. The van der Waals surface area contributed by atoms with Gasteiger partial charge in [-0.15, -0.1) is 0 Å². The van der Waals surface area contributed by atoms with Crippen LogP contribution in [0.3, 0.4) is 0 Å². The summed E-state index contributed by atoms with van der Waals surface area (Å²) in [4.78, 5) is 11.9. The molecular weight excluding hydrogens is 239 g/mol. The minimum atomic E-state index is -0.324. The minimum Gasteiger partial charge on any atom is -0.294 e. The summed E-state index contributed by atoms with van der Waals surface area (Å²) in [5.74, 6) is -0.371. The highest BCUT2D eigenvalue weighted by Gasteiger charge is 2.07. The van der Waals surface area contributed by atoms with Gasteiger partial charge in [0, 0.05) is 12.0 Å². The predicted molar refractivity (Wildman–Crippen MR) is 79.6 cm³/mol. The fourth-order valence-corrected chi connectivity index (χ4v) is 1.48. The van der Waals surface area contributed by atoms with Crippen molar-refractivity contribution in [3.8, 4) is 0 Å². The monoisotopic (exact) mass is 260 g/mol. The summed E-state index contributed by atoms with van der Waals surface area (Å²) in [6, 6.07) is 6.08. The fourth-order valence-electron chi connectivity index (χ4n) is 1.48. The molecule has 0 bridgehead atoms. The summed E-state index contributed by atoms with van der Waals surface area (Å²) in [5.41, 5.74) is 1.25. The number of rotatable bonds is 5. The van der Waals surface area contributed by atoms with Gasteiger partial charge in [-0.3, -0.25) is 4.79 Å². The highest BCUT2D eigenvalue weighted by molar-refractivity contribution is 5.99. The predicted octanol–water partition coefficient (Wildman–Crippen LogP) is 4.65. The van der Waals surface area contributed by atoms with Crippen LogP contribution in [0.5, 0.6) is 0 Å². The Kier molecular flexibility index (Phi) is 8.98. The first kappa shape index (κ1) is 17.0. The molecule has 0 amide bonds. The van der Waals surface area contributed by atoms with Crippen molar-refractivity contribution in [3.05, 3.63) is 72.1 Å². The first-order valence-corrected chi connectivity index (χ1v) is 6.40. The lowest BCUT2D eigenvalue weighted by Crippen LogP contribution is -2.05. The molecule has 2 heteroatoms. The van der Waals surface area contributed by atoms with E-state index in [1.165, 1.54) is 12.1 Å². The van der Waals surface area contributed by atoms with E-state index in [1.807, 2.05) is 20.8 Å². The molecule has 0 N–H and O–H groups in total. The number of halogens is 1. The third kappa shape index (κ3) is 6.51. The number of carbonyl (C=O) groups excluding carboxylic acids is 1. The van der Waals surface area contributed by atoms with Crippen LogP contribution in [-0.2, 0) is 11.2 Å². The van der Waals surface area contributed by atoms with Crippen molar-refractivity contribution in [1.29, 1.82) is 0 Å². The van der Waals surface area contributed by atoms with Crippen LogP contribution in [0.1, 0.15) is 26.3 Å². The van der Waals surface area contributed by atoms with E-state index >= 15 is 0 Å². The first-order chi connectivity index (χ1) is 9.17. The van der Waals surface area contributed by atoms with Crippen LogP contribution in [-0.4, -0.2) is 5.78 Å². The fraction of sp³-hybridized carbons (Fsp3) is 0.235. The highest BCUT2D eigenvalue weighted by atomic mass is 19.1. The number of benzene rings is 1. The maximum atomic E-state index is 13.0. The summed E-state index contributed by atoms with van der Waals surface area (Å²) < 4.78 is 13.0. The summed E-state index contributed by atoms with van der Waals surface area (Å²) >= 11 is 0. The van der Waals surface area contributed by atoms with Crippen molar-refractivity contribution >= 4 is 5.78 Å². The maximum absolute atomic E-state index is 13.0. The van der Waals surface area contributed by atoms with E-state index in [1.54, 1.807) is 36.4 Å². The molecule has 1 nitrogen and oxygen atoms in total. The molecule has 0 saturated heterocycles. The van der Waals surface area contributed by atoms with Gasteiger partial charge in [0.15, 0.2) is 5.78 Å².